The van der Waals surface area contributed by atoms with Gasteiger partial charge < -0.3 is 15.5 Å². The molecule has 6 heteroatoms. The lowest BCUT2D eigenvalue weighted by molar-refractivity contribution is -0.124. The van der Waals surface area contributed by atoms with Crippen LogP contribution < -0.4 is 11.1 Å². The number of rotatable bonds is 7. The van der Waals surface area contributed by atoms with E-state index in [1.54, 1.807) is 6.20 Å². The Hall–Kier alpha value is -1.01. The second-order valence-electron chi connectivity index (χ2n) is 4.23. The molecule has 1 aliphatic rings. The van der Waals surface area contributed by atoms with Gasteiger partial charge in [-0.25, -0.2) is 4.98 Å². The Balaban J connectivity index is 2.06. The van der Waals surface area contributed by atoms with Gasteiger partial charge in [0, 0.05) is 5.75 Å². The van der Waals surface area contributed by atoms with Gasteiger partial charge in [-0.15, -0.1) is 0 Å². The quantitative estimate of drug-likeness (QED) is 0.711. The molecule has 1 unspecified atom stereocenters. The molecule has 1 fully saturated rings. The highest BCUT2D eigenvalue weighted by molar-refractivity contribution is 7.99. The third kappa shape index (κ3) is 2.63. The van der Waals surface area contributed by atoms with Crippen molar-refractivity contribution in [1.29, 1.82) is 0 Å². The number of nitrogens with two attached hydrogens (primary N) is 1. The summed E-state index contributed by atoms with van der Waals surface area (Å²) in [6.45, 7) is 2.71. The minimum atomic E-state index is -0.617. The average molecular weight is 255 g/mol. The second-order valence-corrected chi connectivity index (χ2v) is 5.15. The molecule has 0 radical (unpaired) electrons. The highest BCUT2D eigenvalue weighted by Crippen LogP contribution is 2.42. The second kappa shape index (κ2) is 5.10. The van der Waals surface area contributed by atoms with Crippen molar-refractivity contribution < 1.29 is 9.21 Å². The van der Waals surface area contributed by atoms with Gasteiger partial charge in [0.05, 0.1) is 6.20 Å². The standard InChI is InChI=1S/C11H17N3O2S/c1-2-14-11(9(12)15,8-3-4-8)7-17-10-13-5-6-16-10/h5-6,8,14H,2-4,7H2,1H3,(H2,12,15). The summed E-state index contributed by atoms with van der Waals surface area (Å²) in [5.74, 6) is 0.643. The maximum absolute atomic E-state index is 11.7. The third-order valence-corrected chi connectivity index (χ3v) is 4.09. The molecule has 2 rings (SSSR count). The van der Waals surface area contributed by atoms with Crippen LogP contribution in [0.15, 0.2) is 22.1 Å². The lowest BCUT2D eigenvalue weighted by Gasteiger charge is -2.30. The summed E-state index contributed by atoms with van der Waals surface area (Å²) in [5, 5.41) is 3.83. The molecule has 3 N–H and O–H groups in total. The minimum absolute atomic E-state index is 0.277. The molecule has 17 heavy (non-hydrogen) atoms. The van der Waals surface area contributed by atoms with E-state index in [2.05, 4.69) is 10.3 Å². The normalized spacial score (nSPS) is 18.9. The molecule has 0 aliphatic heterocycles. The fourth-order valence-electron chi connectivity index (χ4n) is 2.02. The summed E-state index contributed by atoms with van der Waals surface area (Å²) in [6, 6.07) is 0. The minimum Gasteiger partial charge on any atom is -0.440 e. The van der Waals surface area contributed by atoms with E-state index in [0.717, 1.165) is 19.4 Å². The molecule has 0 aromatic carbocycles. The maximum Gasteiger partial charge on any atom is 0.255 e. The molecule has 94 valence electrons. The first kappa shape index (κ1) is 12.4. The molecule has 1 atom stereocenters. The Morgan fingerprint density at radius 1 is 1.76 bits per heavy atom. The van der Waals surface area contributed by atoms with Crippen LogP contribution in [0.1, 0.15) is 19.8 Å². The fourth-order valence-corrected chi connectivity index (χ4v) is 3.11. The number of hydrogen-bond acceptors (Lipinski definition) is 5. The average Bonchev–Trinajstić information content (AvgIpc) is 3.02. The highest BCUT2D eigenvalue weighted by atomic mass is 32.2. The van der Waals surface area contributed by atoms with Crippen molar-refractivity contribution in [3.63, 3.8) is 0 Å². The Kier molecular flexibility index (Phi) is 3.73. The Bertz CT molecular complexity index is 378. The lowest BCUT2D eigenvalue weighted by atomic mass is 9.94. The molecule has 1 saturated carbocycles. The molecule has 1 aliphatic carbocycles. The number of amides is 1. The number of carbonyl (C=O) groups is 1. The number of primary amides is 1. The Morgan fingerprint density at radius 2 is 2.53 bits per heavy atom. The van der Waals surface area contributed by atoms with Crippen molar-refractivity contribution in [3.8, 4) is 0 Å². The molecule has 1 aromatic rings. The Labute approximate surface area is 105 Å². The van der Waals surface area contributed by atoms with Crippen molar-refractivity contribution in [2.45, 2.75) is 30.5 Å². The van der Waals surface area contributed by atoms with Gasteiger partial charge in [0.2, 0.25) is 5.91 Å². The van der Waals surface area contributed by atoms with Crippen LogP contribution in [0.2, 0.25) is 0 Å². The van der Waals surface area contributed by atoms with E-state index in [1.165, 1.54) is 18.0 Å². The van der Waals surface area contributed by atoms with E-state index < -0.39 is 5.54 Å². The van der Waals surface area contributed by atoms with Crippen LogP contribution in [-0.2, 0) is 4.79 Å². The van der Waals surface area contributed by atoms with Crippen LogP contribution in [0.25, 0.3) is 0 Å². The first-order valence-corrected chi connectivity index (χ1v) is 6.75. The zero-order valence-electron chi connectivity index (χ0n) is 9.81. The molecule has 5 nitrogen and oxygen atoms in total. The summed E-state index contributed by atoms with van der Waals surface area (Å²) in [7, 11) is 0. The van der Waals surface area contributed by atoms with Gasteiger partial charge in [0.1, 0.15) is 11.8 Å². The first-order valence-electron chi connectivity index (χ1n) is 5.76. The predicted octanol–water partition coefficient (Wildman–Crippen LogP) is 1.01. The van der Waals surface area contributed by atoms with Crippen molar-refractivity contribution in [3.05, 3.63) is 12.5 Å². The number of likely N-dealkylation sites (N-methyl/N-ethyl adjacent to an activating group) is 1. The number of nitrogens with one attached hydrogen (secondary N) is 1. The van der Waals surface area contributed by atoms with E-state index in [0.29, 0.717) is 16.9 Å². The Morgan fingerprint density at radius 3 is 3.00 bits per heavy atom. The number of oxazole rings is 1. The topological polar surface area (TPSA) is 81.2 Å². The van der Waals surface area contributed by atoms with Crippen LogP contribution in [0, 0.1) is 5.92 Å². The molecule has 0 saturated heterocycles. The monoisotopic (exact) mass is 255 g/mol. The molecular weight excluding hydrogens is 238 g/mol. The SMILES string of the molecule is CCNC(CSc1ncco1)(C(N)=O)C1CC1. The van der Waals surface area contributed by atoms with Gasteiger partial charge >= 0.3 is 0 Å². The van der Waals surface area contributed by atoms with Gasteiger partial charge in [-0.2, -0.15) is 0 Å². The van der Waals surface area contributed by atoms with Gasteiger partial charge in [0.15, 0.2) is 0 Å². The van der Waals surface area contributed by atoms with Crippen LogP contribution in [0.4, 0.5) is 0 Å². The summed E-state index contributed by atoms with van der Waals surface area (Å²) >= 11 is 1.43. The molecule has 1 amide bonds. The summed E-state index contributed by atoms with van der Waals surface area (Å²) in [5.41, 5.74) is 4.96. The van der Waals surface area contributed by atoms with Crippen molar-refractivity contribution in [2.75, 3.05) is 12.3 Å². The van der Waals surface area contributed by atoms with Gasteiger partial charge in [-0.05, 0) is 25.3 Å². The highest BCUT2D eigenvalue weighted by Gasteiger charge is 2.49. The van der Waals surface area contributed by atoms with E-state index in [-0.39, 0.29) is 5.91 Å². The number of carbonyl (C=O) groups excluding carboxylic acids is 1. The van der Waals surface area contributed by atoms with Gasteiger partial charge in [0.25, 0.3) is 5.22 Å². The zero-order chi connectivity index (χ0) is 12.3. The number of nitrogens with zero attached hydrogens (tertiary/aromatic N) is 1. The van der Waals surface area contributed by atoms with Crippen LogP contribution in [0.3, 0.4) is 0 Å². The number of aromatic nitrogens is 1. The van der Waals surface area contributed by atoms with E-state index >= 15 is 0 Å². The first-order chi connectivity index (χ1) is 8.19. The number of thioether (sulfide) groups is 1. The predicted molar refractivity (Wildman–Crippen MR) is 65.6 cm³/mol. The van der Waals surface area contributed by atoms with Gasteiger partial charge in [-0.1, -0.05) is 18.7 Å². The van der Waals surface area contributed by atoms with Crippen LogP contribution in [-0.4, -0.2) is 28.7 Å². The van der Waals surface area contributed by atoms with Crippen molar-refractivity contribution in [2.24, 2.45) is 11.7 Å². The molecule has 0 spiro atoms. The van der Waals surface area contributed by atoms with Gasteiger partial charge in [-0.3, -0.25) is 4.79 Å². The third-order valence-electron chi connectivity index (χ3n) is 3.04. The van der Waals surface area contributed by atoms with E-state index in [9.17, 15) is 4.79 Å². The van der Waals surface area contributed by atoms with Crippen molar-refractivity contribution >= 4 is 17.7 Å². The van der Waals surface area contributed by atoms with E-state index in [1.807, 2.05) is 6.92 Å². The molecule has 1 heterocycles. The smallest absolute Gasteiger partial charge is 0.255 e. The zero-order valence-corrected chi connectivity index (χ0v) is 10.6. The number of hydrogen-bond donors (Lipinski definition) is 2. The fraction of sp³-hybridized carbons (Fsp3) is 0.636. The lowest BCUT2D eigenvalue weighted by Crippen LogP contribution is -2.59. The van der Waals surface area contributed by atoms with Crippen LogP contribution in [0.5, 0.6) is 0 Å². The largest absolute Gasteiger partial charge is 0.440 e. The van der Waals surface area contributed by atoms with E-state index in [4.69, 9.17) is 10.2 Å². The van der Waals surface area contributed by atoms with Crippen molar-refractivity contribution in [1.82, 2.24) is 10.3 Å². The molecular formula is C11H17N3O2S. The van der Waals surface area contributed by atoms with Crippen LogP contribution >= 0.6 is 11.8 Å². The maximum atomic E-state index is 11.7. The summed E-state index contributed by atoms with van der Waals surface area (Å²) in [4.78, 5) is 15.8. The molecule has 0 bridgehead atoms. The summed E-state index contributed by atoms with van der Waals surface area (Å²) < 4.78 is 5.16. The summed E-state index contributed by atoms with van der Waals surface area (Å²) in [6.07, 6.45) is 5.24. The molecule has 1 aromatic heterocycles.